The highest BCUT2D eigenvalue weighted by Crippen LogP contribution is 2.45. The monoisotopic (exact) mass is 556 g/mol. The second kappa shape index (κ2) is 9.88. The zero-order chi connectivity index (χ0) is 27.1. The van der Waals surface area contributed by atoms with Crippen molar-refractivity contribution >= 4 is 27.3 Å². The quantitative estimate of drug-likeness (QED) is 0.261. The zero-order valence-electron chi connectivity index (χ0n) is 20.7. The van der Waals surface area contributed by atoms with Gasteiger partial charge >= 0.3 is 5.97 Å². The van der Waals surface area contributed by atoms with Crippen LogP contribution in [-0.2, 0) is 16.4 Å². The third-order valence-corrected chi connectivity index (χ3v) is 8.49. The van der Waals surface area contributed by atoms with E-state index in [0.717, 1.165) is 52.0 Å². The summed E-state index contributed by atoms with van der Waals surface area (Å²) in [5.41, 5.74) is 6.75. The summed E-state index contributed by atoms with van der Waals surface area (Å²) in [7, 11) is -3.79. The number of hydrogen-bond acceptors (Lipinski definition) is 6. The van der Waals surface area contributed by atoms with Gasteiger partial charge in [0.25, 0.3) is 0 Å². The molecule has 6 rings (SSSR count). The molecule has 5 aromatic rings. The van der Waals surface area contributed by atoms with Gasteiger partial charge in [0.05, 0.1) is 16.3 Å². The number of aromatic nitrogens is 3. The van der Waals surface area contributed by atoms with E-state index in [9.17, 15) is 18.3 Å². The van der Waals surface area contributed by atoms with Crippen LogP contribution in [0.15, 0.2) is 89.1 Å². The molecule has 0 bridgehead atoms. The highest BCUT2D eigenvalue weighted by molar-refractivity contribution is 7.89. The number of rotatable bonds is 8. The number of nitrogens with two attached hydrogens (primary N) is 1. The standard InChI is InChI=1S/C29H24N4O4S2/c30-39(36,37)23-13-9-18(10-14-23)15-24-26(20-11-12-20)32-33(29-31-25(17-38-29)28(34)35)27(24)22-8-4-7-21(16-22)19-5-2-1-3-6-19/h1-10,13-14,16-17,20H,11-12,15H2,(H,34,35)(H2,30,36,37). The summed E-state index contributed by atoms with van der Waals surface area (Å²) in [6.07, 6.45) is 2.56. The zero-order valence-corrected chi connectivity index (χ0v) is 22.3. The van der Waals surface area contributed by atoms with Crippen LogP contribution in [0.1, 0.15) is 46.1 Å². The van der Waals surface area contributed by atoms with E-state index in [1.807, 2.05) is 30.3 Å². The van der Waals surface area contributed by atoms with Gasteiger partial charge in [0.15, 0.2) is 5.69 Å². The third kappa shape index (κ3) is 5.14. The maximum atomic E-state index is 11.8. The first-order valence-corrected chi connectivity index (χ1v) is 14.8. The summed E-state index contributed by atoms with van der Waals surface area (Å²) in [6, 6.07) is 24.8. The molecule has 2 heterocycles. The van der Waals surface area contributed by atoms with Crippen LogP contribution in [0.5, 0.6) is 0 Å². The molecular weight excluding hydrogens is 532 g/mol. The van der Waals surface area contributed by atoms with E-state index in [4.69, 9.17) is 10.2 Å². The number of carboxylic acids is 1. The second-order valence-corrected chi connectivity index (χ2v) is 11.9. The van der Waals surface area contributed by atoms with Crippen molar-refractivity contribution in [2.75, 3.05) is 0 Å². The SMILES string of the molecule is NS(=O)(=O)c1ccc(Cc2c(C3CC3)nn(-c3nc(C(=O)O)cs3)c2-c2cccc(-c3ccccc3)c2)cc1. The molecule has 2 aromatic heterocycles. The average Bonchev–Trinajstić information content (AvgIpc) is 3.52. The van der Waals surface area contributed by atoms with Gasteiger partial charge in [-0.25, -0.2) is 28.0 Å². The molecule has 10 heteroatoms. The fraction of sp³-hybridized carbons (Fsp3) is 0.138. The van der Waals surface area contributed by atoms with E-state index in [2.05, 4.69) is 29.2 Å². The lowest BCUT2D eigenvalue weighted by atomic mass is 9.95. The van der Waals surface area contributed by atoms with Gasteiger partial charge in [-0.2, -0.15) is 5.10 Å². The molecule has 1 aliphatic rings. The van der Waals surface area contributed by atoms with Crippen molar-refractivity contribution in [1.82, 2.24) is 14.8 Å². The molecule has 1 aliphatic carbocycles. The van der Waals surface area contributed by atoms with Gasteiger partial charge in [0, 0.05) is 28.8 Å². The van der Waals surface area contributed by atoms with Gasteiger partial charge in [-0.1, -0.05) is 60.7 Å². The number of thiazole rings is 1. The number of hydrogen-bond donors (Lipinski definition) is 2. The molecule has 0 spiro atoms. The predicted octanol–water partition coefficient (Wildman–Crippen LogP) is 5.48. The minimum atomic E-state index is -3.79. The minimum absolute atomic E-state index is 0.0254. The summed E-state index contributed by atoms with van der Waals surface area (Å²) in [5.74, 6) is -0.783. The first kappa shape index (κ1) is 25.2. The van der Waals surface area contributed by atoms with E-state index in [-0.39, 0.29) is 10.6 Å². The van der Waals surface area contributed by atoms with Crippen LogP contribution >= 0.6 is 11.3 Å². The highest BCUT2D eigenvalue weighted by atomic mass is 32.2. The van der Waals surface area contributed by atoms with Gasteiger partial charge in [0.2, 0.25) is 15.2 Å². The molecule has 1 saturated carbocycles. The Morgan fingerprint density at radius 2 is 1.67 bits per heavy atom. The number of sulfonamides is 1. The summed E-state index contributed by atoms with van der Waals surface area (Å²) in [5, 5.41) is 21.8. The maximum Gasteiger partial charge on any atom is 0.355 e. The van der Waals surface area contributed by atoms with Crippen molar-refractivity contribution in [3.8, 4) is 27.5 Å². The fourth-order valence-electron chi connectivity index (χ4n) is 4.70. The Labute approximate surface area is 229 Å². The van der Waals surface area contributed by atoms with Crippen LogP contribution in [0, 0.1) is 0 Å². The van der Waals surface area contributed by atoms with Crippen molar-refractivity contribution in [3.05, 3.63) is 107 Å². The normalized spacial score (nSPS) is 13.5. The van der Waals surface area contributed by atoms with Crippen molar-refractivity contribution in [2.24, 2.45) is 5.14 Å². The molecule has 3 aromatic carbocycles. The van der Waals surface area contributed by atoms with Crippen molar-refractivity contribution in [2.45, 2.75) is 30.1 Å². The molecule has 0 amide bonds. The average molecular weight is 557 g/mol. The summed E-state index contributed by atoms with van der Waals surface area (Å²) in [4.78, 5) is 16.0. The smallest absolute Gasteiger partial charge is 0.355 e. The minimum Gasteiger partial charge on any atom is -0.476 e. The Bertz CT molecular complexity index is 1790. The first-order valence-electron chi connectivity index (χ1n) is 12.4. The Morgan fingerprint density at radius 3 is 2.31 bits per heavy atom. The topological polar surface area (TPSA) is 128 Å². The lowest BCUT2D eigenvalue weighted by Crippen LogP contribution is -2.11. The van der Waals surface area contributed by atoms with Crippen molar-refractivity contribution in [1.29, 1.82) is 0 Å². The van der Waals surface area contributed by atoms with Crippen LogP contribution in [0.3, 0.4) is 0 Å². The Balaban J connectivity index is 1.53. The Hall–Kier alpha value is -4.12. The molecule has 8 nitrogen and oxygen atoms in total. The number of aromatic carboxylic acids is 1. The Morgan fingerprint density at radius 1 is 0.974 bits per heavy atom. The van der Waals surface area contributed by atoms with Crippen LogP contribution in [-0.4, -0.2) is 34.3 Å². The largest absolute Gasteiger partial charge is 0.476 e. The molecule has 0 unspecified atom stereocenters. The van der Waals surface area contributed by atoms with Gasteiger partial charge < -0.3 is 5.11 Å². The maximum absolute atomic E-state index is 11.8. The van der Waals surface area contributed by atoms with Gasteiger partial charge in [0.1, 0.15) is 0 Å². The molecule has 1 fully saturated rings. The predicted molar refractivity (Wildman–Crippen MR) is 150 cm³/mol. The summed E-state index contributed by atoms with van der Waals surface area (Å²) in [6.45, 7) is 0. The number of carbonyl (C=O) groups is 1. The van der Waals surface area contributed by atoms with Gasteiger partial charge in [-0.3, -0.25) is 0 Å². The van der Waals surface area contributed by atoms with E-state index in [1.54, 1.807) is 16.8 Å². The second-order valence-electron chi connectivity index (χ2n) is 9.53. The lowest BCUT2D eigenvalue weighted by molar-refractivity contribution is 0.0691. The van der Waals surface area contributed by atoms with Crippen molar-refractivity contribution in [3.63, 3.8) is 0 Å². The summed E-state index contributed by atoms with van der Waals surface area (Å²) < 4.78 is 25.3. The summed E-state index contributed by atoms with van der Waals surface area (Å²) >= 11 is 1.23. The molecule has 0 atom stereocenters. The van der Waals surface area contributed by atoms with Crippen LogP contribution < -0.4 is 5.14 Å². The first-order chi connectivity index (χ1) is 18.8. The Kier molecular flexibility index (Phi) is 6.38. The van der Waals surface area contributed by atoms with Crippen LogP contribution in [0.4, 0.5) is 0 Å². The molecule has 0 saturated heterocycles. The number of primary sulfonamides is 1. The van der Waals surface area contributed by atoms with E-state index in [1.165, 1.54) is 28.8 Å². The molecule has 0 radical (unpaired) electrons. The van der Waals surface area contributed by atoms with Crippen molar-refractivity contribution < 1.29 is 18.3 Å². The third-order valence-electron chi connectivity index (χ3n) is 6.75. The number of carboxylic acid groups (broad SMARTS) is 1. The molecular formula is C29H24N4O4S2. The molecule has 3 N–H and O–H groups in total. The van der Waals surface area contributed by atoms with E-state index < -0.39 is 16.0 Å². The fourth-order valence-corrected chi connectivity index (χ4v) is 5.97. The van der Waals surface area contributed by atoms with Gasteiger partial charge in [-0.05, 0) is 47.7 Å². The van der Waals surface area contributed by atoms with Crippen LogP contribution in [0.2, 0.25) is 0 Å². The van der Waals surface area contributed by atoms with Crippen LogP contribution in [0.25, 0.3) is 27.5 Å². The molecule has 39 heavy (non-hydrogen) atoms. The van der Waals surface area contributed by atoms with E-state index >= 15 is 0 Å². The highest BCUT2D eigenvalue weighted by Gasteiger charge is 2.33. The number of nitrogens with zero attached hydrogens (tertiary/aromatic N) is 3. The molecule has 0 aliphatic heterocycles. The van der Waals surface area contributed by atoms with Gasteiger partial charge in [-0.15, -0.1) is 11.3 Å². The molecule has 196 valence electrons. The van der Waals surface area contributed by atoms with E-state index in [0.29, 0.717) is 17.5 Å². The number of benzene rings is 3. The lowest BCUT2D eigenvalue weighted by Gasteiger charge is -2.11.